The molecule has 0 fully saturated rings. The lowest BCUT2D eigenvalue weighted by Crippen LogP contribution is -2.26. The number of rotatable bonds is 5. The Balaban J connectivity index is 2.21. The number of amides is 2. The first-order chi connectivity index (χ1) is 9.58. The zero-order chi connectivity index (χ0) is 14.5. The smallest absolute Gasteiger partial charge is 0.263 e. The van der Waals surface area contributed by atoms with Crippen LogP contribution in [0.1, 0.15) is 22.0 Å². The van der Waals surface area contributed by atoms with E-state index in [1.54, 1.807) is 36.4 Å². The molecule has 0 saturated heterocycles. The predicted molar refractivity (Wildman–Crippen MR) is 74.0 cm³/mol. The van der Waals surface area contributed by atoms with Crippen LogP contribution in [0.15, 0.2) is 54.6 Å². The molecule has 5 nitrogen and oxygen atoms in total. The fourth-order valence-electron chi connectivity index (χ4n) is 1.75. The number of hydrogen-bond acceptors (Lipinski definition) is 3. The number of benzene rings is 2. The normalized spacial score (nSPS) is 11.6. The van der Waals surface area contributed by atoms with Crippen LogP contribution in [-0.4, -0.2) is 11.8 Å². The fourth-order valence-corrected chi connectivity index (χ4v) is 1.75. The predicted octanol–water partition coefficient (Wildman–Crippen LogP) is 1.39. The van der Waals surface area contributed by atoms with Crippen molar-refractivity contribution in [1.82, 2.24) is 0 Å². The molecule has 102 valence electrons. The summed E-state index contributed by atoms with van der Waals surface area (Å²) in [7, 11) is 0. The third-order valence-electron chi connectivity index (χ3n) is 2.75. The minimum absolute atomic E-state index is 0.368. The summed E-state index contributed by atoms with van der Waals surface area (Å²) in [6, 6.07) is 15.1. The molecule has 1 atom stereocenters. The molecule has 2 rings (SSSR count). The second-order valence-corrected chi connectivity index (χ2v) is 4.20. The Bertz CT molecular complexity index is 609. The van der Waals surface area contributed by atoms with Gasteiger partial charge in [0, 0.05) is 11.1 Å². The van der Waals surface area contributed by atoms with Crippen molar-refractivity contribution < 1.29 is 14.3 Å². The summed E-state index contributed by atoms with van der Waals surface area (Å²) in [5, 5.41) is 0. The van der Waals surface area contributed by atoms with Crippen LogP contribution in [-0.2, 0) is 4.79 Å². The molecule has 0 saturated carbocycles. The van der Waals surface area contributed by atoms with Gasteiger partial charge in [-0.05, 0) is 24.3 Å². The van der Waals surface area contributed by atoms with Crippen LogP contribution in [0.4, 0.5) is 0 Å². The van der Waals surface area contributed by atoms with Crippen LogP contribution in [0.3, 0.4) is 0 Å². The van der Waals surface area contributed by atoms with E-state index in [0.717, 1.165) is 0 Å². The van der Waals surface area contributed by atoms with Crippen LogP contribution in [0.25, 0.3) is 0 Å². The van der Waals surface area contributed by atoms with Gasteiger partial charge in [0.15, 0.2) is 0 Å². The van der Waals surface area contributed by atoms with E-state index in [9.17, 15) is 9.59 Å². The largest absolute Gasteiger partial charge is 0.476 e. The zero-order valence-electron chi connectivity index (χ0n) is 10.7. The fraction of sp³-hybridized carbons (Fsp3) is 0.0667. The molecule has 2 aromatic rings. The second-order valence-electron chi connectivity index (χ2n) is 4.20. The van der Waals surface area contributed by atoms with E-state index < -0.39 is 17.9 Å². The maximum atomic E-state index is 11.5. The zero-order valence-corrected chi connectivity index (χ0v) is 10.7. The maximum absolute atomic E-state index is 11.5. The number of hydrogen-bond donors (Lipinski definition) is 2. The van der Waals surface area contributed by atoms with Crippen molar-refractivity contribution in [3.63, 3.8) is 0 Å². The van der Waals surface area contributed by atoms with E-state index in [1.165, 1.54) is 12.1 Å². The molecule has 0 bridgehead atoms. The molecule has 4 N–H and O–H groups in total. The molecule has 2 aromatic carbocycles. The van der Waals surface area contributed by atoms with Crippen molar-refractivity contribution in [3.8, 4) is 5.75 Å². The highest BCUT2D eigenvalue weighted by molar-refractivity contribution is 5.92. The molecule has 20 heavy (non-hydrogen) atoms. The molecule has 0 unspecified atom stereocenters. The van der Waals surface area contributed by atoms with Crippen molar-refractivity contribution in [1.29, 1.82) is 0 Å². The van der Waals surface area contributed by atoms with Crippen LogP contribution in [0.2, 0.25) is 0 Å². The molecule has 0 aliphatic carbocycles. The van der Waals surface area contributed by atoms with Crippen molar-refractivity contribution in [3.05, 3.63) is 65.7 Å². The Morgan fingerprint density at radius 3 is 2.00 bits per heavy atom. The van der Waals surface area contributed by atoms with Crippen molar-refractivity contribution in [2.45, 2.75) is 6.10 Å². The van der Waals surface area contributed by atoms with Crippen LogP contribution < -0.4 is 16.2 Å². The van der Waals surface area contributed by atoms with E-state index in [2.05, 4.69) is 0 Å². The summed E-state index contributed by atoms with van der Waals surface area (Å²) in [4.78, 5) is 22.5. The van der Waals surface area contributed by atoms with Gasteiger partial charge in [0.05, 0.1) is 0 Å². The van der Waals surface area contributed by atoms with Gasteiger partial charge >= 0.3 is 0 Å². The topological polar surface area (TPSA) is 95.4 Å². The number of ether oxygens (including phenoxy) is 1. The van der Waals surface area contributed by atoms with Gasteiger partial charge in [-0.2, -0.15) is 0 Å². The summed E-state index contributed by atoms with van der Waals surface area (Å²) < 4.78 is 5.57. The molecule has 0 spiro atoms. The molecule has 0 heterocycles. The first-order valence-electron chi connectivity index (χ1n) is 5.98. The molecule has 0 radical (unpaired) electrons. The highest BCUT2D eigenvalue weighted by Gasteiger charge is 2.19. The lowest BCUT2D eigenvalue weighted by molar-refractivity contribution is -0.125. The van der Waals surface area contributed by atoms with Gasteiger partial charge < -0.3 is 16.2 Å². The van der Waals surface area contributed by atoms with Gasteiger partial charge in [0.25, 0.3) is 5.91 Å². The third-order valence-corrected chi connectivity index (χ3v) is 2.75. The molecular weight excluding hydrogens is 256 g/mol. The summed E-state index contributed by atoms with van der Waals surface area (Å²) in [5.41, 5.74) is 11.5. The Labute approximate surface area is 116 Å². The highest BCUT2D eigenvalue weighted by Crippen LogP contribution is 2.22. The summed E-state index contributed by atoms with van der Waals surface area (Å²) >= 11 is 0. The first kappa shape index (κ1) is 13.6. The average molecular weight is 270 g/mol. The van der Waals surface area contributed by atoms with E-state index in [0.29, 0.717) is 16.9 Å². The average Bonchev–Trinajstić information content (AvgIpc) is 2.46. The third kappa shape index (κ3) is 3.14. The Hall–Kier alpha value is -2.82. The maximum Gasteiger partial charge on any atom is 0.263 e. The monoisotopic (exact) mass is 270 g/mol. The molecular formula is C15H14N2O3. The number of nitrogens with two attached hydrogens (primary N) is 2. The lowest BCUT2D eigenvalue weighted by atomic mass is 10.1. The van der Waals surface area contributed by atoms with E-state index in [1.807, 2.05) is 6.07 Å². The molecule has 0 aromatic heterocycles. The highest BCUT2D eigenvalue weighted by atomic mass is 16.5. The van der Waals surface area contributed by atoms with Crippen molar-refractivity contribution in [2.75, 3.05) is 0 Å². The number of carbonyl (C=O) groups is 2. The van der Waals surface area contributed by atoms with Crippen LogP contribution >= 0.6 is 0 Å². The SMILES string of the molecule is NC(=O)c1ccc(O[C@H](C(N)=O)c2ccccc2)cc1. The van der Waals surface area contributed by atoms with Gasteiger partial charge in [0.1, 0.15) is 5.75 Å². The van der Waals surface area contributed by atoms with Gasteiger partial charge in [0.2, 0.25) is 12.0 Å². The minimum Gasteiger partial charge on any atom is -0.476 e. The summed E-state index contributed by atoms with van der Waals surface area (Å²) in [6.07, 6.45) is -0.879. The van der Waals surface area contributed by atoms with Crippen LogP contribution in [0.5, 0.6) is 5.75 Å². The molecule has 2 amide bonds. The first-order valence-corrected chi connectivity index (χ1v) is 5.98. The van der Waals surface area contributed by atoms with Crippen molar-refractivity contribution >= 4 is 11.8 Å². The van der Waals surface area contributed by atoms with Gasteiger partial charge in [-0.1, -0.05) is 30.3 Å². The van der Waals surface area contributed by atoms with Gasteiger partial charge in [-0.15, -0.1) is 0 Å². The van der Waals surface area contributed by atoms with E-state index in [4.69, 9.17) is 16.2 Å². The number of primary amides is 2. The van der Waals surface area contributed by atoms with Gasteiger partial charge in [-0.3, -0.25) is 9.59 Å². The van der Waals surface area contributed by atoms with E-state index in [-0.39, 0.29) is 0 Å². The van der Waals surface area contributed by atoms with Crippen molar-refractivity contribution in [2.24, 2.45) is 11.5 Å². The second kappa shape index (κ2) is 5.88. The summed E-state index contributed by atoms with van der Waals surface area (Å²) in [6.45, 7) is 0. The summed E-state index contributed by atoms with van der Waals surface area (Å²) in [5.74, 6) is -0.677. The minimum atomic E-state index is -0.879. The Morgan fingerprint density at radius 1 is 0.900 bits per heavy atom. The molecule has 5 heteroatoms. The van der Waals surface area contributed by atoms with Crippen LogP contribution in [0, 0.1) is 0 Å². The Morgan fingerprint density at radius 2 is 1.50 bits per heavy atom. The Kier molecular flexibility index (Phi) is 4.00. The number of carbonyl (C=O) groups excluding carboxylic acids is 2. The quantitative estimate of drug-likeness (QED) is 0.859. The standard InChI is InChI=1S/C15H14N2O3/c16-14(18)11-6-8-12(9-7-11)20-13(15(17)19)10-4-2-1-3-5-10/h1-9,13H,(H2,16,18)(H2,17,19)/t13-/m0/s1. The lowest BCUT2D eigenvalue weighted by Gasteiger charge is -2.16. The molecule has 0 aliphatic rings. The van der Waals surface area contributed by atoms with E-state index >= 15 is 0 Å². The molecule has 0 aliphatic heterocycles. The van der Waals surface area contributed by atoms with Gasteiger partial charge in [-0.25, -0.2) is 0 Å².